The number of carboxylic acids is 1. The minimum absolute atomic E-state index is 0.145. The molecule has 0 saturated carbocycles. The molecular formula is C30H32FNO4. The Kier molecular flexibility index (Phi) is 7.01. The van der Waals surface area contributed by atoms with Gasteiger partial charge in [-0.15, -0.1) is 0 Å². The molecule has 36 heavy (non-hydrogen) atoms. The van der Waals surface area contributed by atoms with E-state index in [1.165, 1.54) is 0 Å². The standard InChI is InChI=1S/C26H22FNO3.C4H10O/c1-3-15-4-5-17-20(25(15)27)12-14(2)19(13-22(29)30)24(17)18-6-7-21-23-16(9-11-31-21)8-10-28-26(18)23;1-4(2,3)5/h4-8,10,12H,3,9,11,13H2,1-2H3,(H,29,30);5H,1-3H3. The Morgan fingerprint density at radius 1 is 1.14 bits per heavy atom. The second-order valence-corrected chi connectivity index (χ2v) is 10.2. The molecular weight excluding hydrogens is 457 g/mol. The van der Waals surface area contributed by atoms with Gasteiger partial charge in [-0.05, 0) is 91.6 Å². The molecule has 0 aliphatic carbocycles. The Bertz CT molecular complexity index is 1450. The second kappa shape index (κ2) is 9.86. The van der Waals surface area contributed by atoms with Gasteiger partial charge in [0.15, 0.2) is 0 Å². The number of aliphatic hydroxyl groups is 1. The van der Waals surface area contributed by atoms with Crippen LogP contribution in [0.3, 0.4) is 0 Å². The second-order valence-electron chi connectivity index (χ2n) is 10.2. The summed E-state index contributed by atoms with van der Waals surface area (Å²) in [5.41, 5.74) is 5.04. The zero-order valence-corrected chi connectivity index (χ0v) is 21.4. The molecule has 0 unspecified atom stereocenters. The highest BCUT2D eigenvalue weighted by atomic mass is 19.1. The molecule has 0 fully saturated rings. The molecule has 0 amide bonds. The molecule has 1 aliphatic rings. The van der Waals surface area contributed by atoms with Crippen molar-refractivity contribution in [2.75, 3.05) is 6.61 Å². The van der Waals surface area contributed by atoms with Gasteiger partial charge in [0.25, 0.3) is 0 Å². The Morgan fingerprint density at radius 3 is 2.53 bits per heavy atom. The number of halogens is 1. The number of pyridine rings is 1. The number of hydrogen-bond donors (Lipinski definition) is 2. The van der Waals surface area contributed by atoms with Crippen LogP contribution in [-0.2, 0) is 24.1 Å². The van der Waals surface area contributed by atoms with Crippen LogP contribution in [0.25, 0.3) is 32.8 Å². The van der Waals surface area contributed by atoms with Gasteiger partial charge in [-0.25, -0.2) is 4.39 Å². The van der Waals surface area contributed by atoms with Gasteiger partial charge in [0.1, 0.15) is 11.6 Å². The van der Waals surface area contributed by atoms with Gasteiger partial charge in [0, 0.05) is 29.0 Å². The summed E-state index contributed by atoms with van der Waals surface area (Å²) in [5.74, 6) is -0.386. The molecule has 1 aromatic heterocycles. The molecule has 0 spiro atoms. The number of benzene rings is 3. The summed E-state index contributed by atoms with van der Waals surface area (Å²) in [6.07, 6.45) is 3.02. The van der Waals surface area contributed by atoms with E-state index in [0.29, 0.717) is 34.9 Å². The van der Waals surface area contributed by atoms with Crippen LogP contribution in [0.4, 0.5) is 4.39 Å². The lowest BCUT2D eigenvalue weighted by molar-refractivity contribution is -0.136. The average molecular weight is 490 g/mol. The Morgan fingerprint density at radius 2 is 1.86 bits per heavy atom. The van der Waals surface area contributed by atoms with E-state index in [1.807, 2.05) is 38.1 Å². The first-order valence-electron chi connectivity index (χ1n) is 12.2. The van der Waals surface area contributed by atoms with Crippen molar-refractivity contribution in [3.8, 4) is 16.9 Å². The summed E-state index contributed by atoms with van der Waals surface area (Å²) in [6, 6.07) is 11.3. The van der Waals surface area contributed by atoms with Gasteiger partial charge < -0.3 is 14.9 Å². The van der Waals surface area contributed by atoms with E-state index in [2.05, 4.69) is 4.98 Å². The van der Waals surface area contributed by atoms with Crippen molar-refractivity contribution in [2.45, 2.75) is 59.5 Å². The zero-order chi connectivity index (χ0) is 26.2. The third-order valence-electron chi connectivity index (χ3n) is 6.22. The van der Waals surface area contributed by atoms with E-state index < -0.39 is 11.6 Å². The lowest BCUT2D eigenvalue weighted by Crippen LogP contribution is -2.10. The number of hydrogen-bond acceptors (Lipinski definition) is 4. The molecule has 4 aromatic rings. The van der Waals surface area contributed by atoms with Gasteiger partial charge >= 0.3 is 5.97 Å². The number of rotatable bonds is 4. The zero-order valence-electron chi connectivity index (χ0n) is 21.4. The molecule has 0 radical (unpaired) electrons. The van der Waals surface area contributed by atoms with Crippen LogP contribution in [0.15, 0.2) is 42.6 Å². The van der Waals surface area contributed by atoms with Gasteiger partial charge in [-0.1, -0.05) is 19.1 Å². The van der Waals surface area contributed by atoms with E-state index in [4.69, 9.17) is 9.84 Å². The summed E-state index contributed by atoms with van der Waals surface area (Å²) >= 11 is 0. The molecule has 1 aliphatic heterocycles. The van der Waals surface area contributed by atoms with Crippen molar-refractivity contribution < 1.29 is 24.1 Å². The first-order valence-corrected chi connectivity index (χ1v) is 12.2. The molecule has 3 aromatic carbocycles. The normalized spacial score (nSPS) is 12.8. The maximum absolute atomic E-state index is 15.3. The predicted octanol–water partition coefficient (Wildman–Crippen LogP) is 6.40. The highest BCUT2D eigenvalue weighted by Crippen LogP contribution is 2.43. The monoisotopic (exact) mass is 489 g/mol. The first kappa shape index (κ1) is 25.6. The third kappa shape index (κ3) is 5.05. The number of aliphatic carboxylic acids is 1. The van der Waals surface area contributed by atoms with Crippen molar-refractivity contribution in [3.63, 3.8) is 0 Å². The predicted molar refractivity (Wildman–Crippen MR) is 141 cm³/mol. The number of fused-ring (bicyclic) bond motifs is 1. The quantitative estimate of drug-likeness (QED) is 0.347. The summed E-state index contributed by atoms with van der Waals surface area (Å²) < 4.78 is 21.1. The van der Waals surface area contributed by atoms with Gasteiger partial charge in [-0.3, -0.25) is 9.78 Å². The summed E-state index contributed by atoms with van der Waals surface area (Å²) in [6.45, 7) is 9.62. The Hall–Kier alpha value is -3.51. The van der Waals surface area contributed by atoms with Crippen LogP contribution in [0.5, 0.6) is 5.75 Å². The van der Waals surface area contributed by atoms with Gasteiger partial charge in [0.2, 0.25) is 0 Å². The van der Waals surface area contributed by atoms with Crippen molar-refractivity contribution in [1.82, 2.24) is 4.98 Å². The topological polar surface area (TPSA) is 79.7 Å². The highest BCUT2D eigenvalue weighted by Gasteiger charge is 2.23. The minimum atomic E-state index is -0.923. The highest BCUT2D eigenvalue weighted by molar-refractivity contribution is 6.08. The van der Waals surface area contributed by atoms with E-state index in [1.54, 1.807) is 39.1 Å². The van der Waals surface area contributed by atoms with E-state index >= 15 is 4.39 Å². The molecule has 0 atom stereocenters. The van der Waals surface area contributed by atoms with Crippen LogP contribution >= 0.6 is 0 Å². The fraction of sp³-hybridized carbons (Fsp3) is 0.333. The van der Waals surface area contributed by atoms with Crippen LogP contribution < -0.4 is 4.74 Å². The van der Waals surface area contributed by atoms with Gasteiger partial charge in [-0.2, -0.15) is 0 Å². The van der Waals surface area contributed by atoms with Crippen molar-refractivity contribution in [3.05, 3.63) is 70.7 Å². The summed E-state index contributed by atoms with van der Waals surface area (Å²) in [4.78, 5) is 16.4. The molecule has 2 heterocycles. The van der Waals surface area contributed by atoms with Gasteiger partial charge in [0.05, 0.1) is 24.1 Å². The number of carbonyl (C=O) groups is 1. The largest absolute Gasteiger partial charge is 0.493 e. The fourth-order valence-corrected chi connectivity index (χ4v) is 4.72. The SMILES string of the molecule is CC(C)(C)O.CCc1ccc2c(-c3ccc4c5c(ccnc35)CCO4)c(CC(=O)O)c(C)cc2c1F. The summed E-state index contributed by atoms with van der Waals surface area (Å²) in [5, 5.41) is 20.3. The molecule has 5 nitrogen and oxygen atoms in total. The van der Waals surface area contributed by atoms with Crippen LogP contribution in [0.2, 0.25) is 0 Å². The number of carboxylic acid groups (broad SMARTS) is 1. The van der Waals surface area contributed by atoms with E-state index in [0.717, 1.165) is 45.3 Å². The third-order valence-corrected chi connectivity index (χ3v) is 6.22. The number of aryl methyl sites for hydroxylation is 2. The maximum Gasteiger partial charge on any atom is 0.307 e. The maximum atomic E-state index is 15.3. The van der Waals surface area contributed by atoms with Crippen molar-refractivity contribution >= 4 is 27.6 Å². The molecule has 0 bridgehead atoms. The molecule has 0 saturated heterocycles. The van der Waals surface area contributed by atoms with Crippen molar-refractivity contribution in [2.24, 2.45) is 0 Å². The van der Waals surface area contributed by atoms with Crippen molar-refractivity contribution in [1.29, 1.82) is 0 Å². The minimum Gasteiger partial charge on any atom is -0.493 e. The Balaban J connectivity index is 0.000000556. The van der Waals surface area contributed by atoms with Crippen LogP contribution in [0, 0.1) is 12.7 Å². The first-order chi connectivity index (χ1) is 17.0. The van der Waals surface area contributed by atoms with E-state index in [9.17, 15) is 9.90 Å². The summed E-state index contributed by atoms with van der Waals surface area (Å²) in [7, 11) is 0. The fourth-order valence-electron chi connectivity index (χ4n) is 4.72. The number of nitrogens with zero attached hydrogens (tertiary/aromatic N) is 1. The van der Waals surface area contributed by atoms with E-state index in [-0.39, 0.29) is 12.2 Å². The Labute approximate surface area is 210 Å². The van der Waals surface area contributed by atoms with Crippen LogP contribution in [0.1, 0.15) is 49.9 Å². The number of ether oxygens (including phenoxy) is 1. The molecule has 188 valence electrons. The van der Waals surface area contributed by atoms with Crippen LogP contribution in [-0.4, -0.2) is 33.4 Å². The molecule has 6 heteroatoms. The lowest BCUT2D eigenvalue weighted by Gasteiger charge is -2.22. The lowest BCUT2D eigenvalue weighted by atomic mass is 9.86. The molecule has 5 rings (SSSR count). The smallest absolute Gasteiger partial charge is 0.307 e. The number of aromatic nitrogens is 1. The average Bonchev–Trinajstić information content (AvgIpc) is 2.80. The molecule has 2 N–H and O–H groups in total.